The van der Waals surface area contributed by atoms with Gasteiger partial charge in [-0.25, -0.2) is 0 Å². The lowest BCUT2D eigenvalue weighted by molar-refractivity contribution is -0.122. The molecule has 0 radical (unpaired) electrons. The Hall–Kier alpha value is -1.57. The van der Waals surface area contributed by atoms with Gasteiger partial charge in [-0.2, -0.15) is 11.8 Å². The molecule has 27 heavy (non-hydrogen) atoms. The van der Waals surface area contributed by atoms with E-state index in [0.29, 0.717) is 17.4 Å². The SMILES string of the molecule is CCCCN1C(=O)/C(=C\c2ccc(OC)c(CN3CCSCC3)c2)NC1=S. The van der Waals surface area contributed by atoms with Gasteiger partial charge >= 0.3 is 0 Å². The first kappa shape index (κ1) is 20.2. The average Bonchev–Trinajstić information content (AvgIpc) is 2.94. The Morgan fingerprint density at radius 1 is 1.33 bits per heavy atom. The molecule has 146 valence electrons. The van der Waals surface area contributed by atoms with Gasteiger partial charge in [0.05, 0.1) is 7.11 Å². The van der Waals surface area contributed by atoms with Crippen molar-refractivity contribution >= 4 is 41.1 Å². The van der Waals surface area contributed by atoms with Crippen LogP contribution in [0.1, 0.15) is 30.9 Å². The predicted octanol–water partition coefficient (Wildman–Crippen LogP) is 3.10. The predicted molar refractivity (Wildman–Crippen MR) is 116 cm³/mol. The summed E-state index contributed by atoms with van der Waals surface area (Å²) in [5, 5.41) is 3.56. The molecule has 0 atom stereocenters. The molecule has 2 heterocycles. The maximum Gasteiger partial charge on any atom is 0.276 e. The van der Waals surface area contributed by atoms with Gasteiger partial charge in [-0.15, -0.1) is 0 Å². The summed E-state index contributed by atoms with van der Waals surface area (Å²) in [6.45, 7) is 5.83. The highest BCUT2D eigenvalue weighted by Crippen LogP contribution is 2.25. The number of benzene rings is 1. The Morgan fingerprint density at radius 2 is 2.11 bits per heavy atom. The second kappa shape index (κ2) is 9.57. The van der Waals surface area contributed by atoms with E-state index in [2.05, 4.69) is 23.2 Å². The van der Waals surface area contributed by atoms with Crippen LogP contribution in [0.25, 0.3) is 6.08 Å². The molecule has 3 rings (SSSR count). The lowest BCUT2D eigenvalue weighted by atomic mass is 10.1. The zero-order valence-electron chi connectivity index (χ0n) is 16.0. The number of carbonyl (C=O) groups excluding carboxylic acids is 1. The van der Waals surface area contributed by atoms with Crippen molar-refractivity contribution in [1.82, 2.24) is 15.1 Å². The van der Waals surface area contributed by atoms with E-state index in [4.69, 9.17) is 17.0 Å². The first-order valence-electron chi connectivity index (χ1n) is 9.44. The summed E-state index contributed by atoms with van der Waals surface area (Å²) in [5.41, 5.74) is 2.67. The number of carbonyl (C=O) groups is 1. The fourth-order valence-electron chi connectivity index (χ4n) is 3.27. The number of hydrogen-bond donors (Lipinski definition) is 1. The second-order valence-electron chi connectivity index (χ2n) is 6.76. The number of nitrogens with zero attached hydrogens (tertiary/aromatic N) is 2. The van der Waals surface area contributed by atoms with Gasteiger partial charge in [0.15, 0.2) is 5.11 Å². The maximum atomic E-state index is 12.6. The van der Waals surface area contributed by atoms with Crippen LogP contribution in [0.15, 0.2) is 23.9 Å². The van der Waals surface area contributed by atoms with Gasteiger partial charge in [0, 0.05) is 43.2 Å². The number of thiocarbonyl (C=S) groups is 1. The minimum atomic E-state index is -0.0427. The van der Waals surface area contributed by atoms with E-state index in [1.54, 1.807) is 12.0 Å². The minimum Gasteiger partial charge on any atom is -0.496 e. The number of hydrogen-bond acceptors (Lipinski definition) is 5. The van der Waals surface area contributed by atoms with Crippen LogP contribution in [-0.2, 0) is 11.3 Å². The van der Waals surface area contributed by atoms with Gasteiger partial charge < -0.3 is 10.1 Å². The number of methoxy groups -OCH3 is 1. The first-order valence-corrected chi connectivity index (χ1v) is 11.0. The highest BCUT2D eigenvalue weighted by Gasteiger charge is 2.29. The van der Waals surface area contributed by atoms with Crippen molar-refractivity contribution in [3.63, 3.8) is 0 Å². The number of ether oxygens (including phenoxy) is 1. The van der Waals surface area contributed by atoms with Gasteiger partial charge in [0.1, 0.15) is 11.4 Å². The molecule has 0 unspecified atom stereocenters. The van der Waals surface area contributed by atoms with Crippen molar-refractivity contribution in [2.75, 3.05) is 38.2 Å². The van der Waals surface area contributed by atoms with E-state index in [9.17, 15) is 4.79 Å². The molecule has 1 N–H and O–H groups in total. The summed E-state index contributed by atoms with van der Waals surface area (Å²) in [7, 11) is 1.70. The Morgan fingerprint density at radius 3 is 2.81 bits per heavy atom. The molecule has 2 aliphatic rings. The highest BCUT2D eigenvalue weighted by molar-refractivity contribution is 7.99. The molecule has 0 aliphatic carbocycles. The Balaban J connectivity index is 1.78. The minimum absolute atomic E-state index is 0.0427. The molecule has 2 fully saturated rings. The van der Waals surface area contributed by atoms with Gasteiger partial charge in [0.25, 0.3) is 5.91 Å². The van der Waals surface area contributed by atoms with Gasteiger partial charge in [-0.3, -0.25) is 14.6 Å². The van der Waals surface area contributed by atoms with Crippen LogP contribution in [-0.4, -0.2) is 59.1 Å². The van der Waals surface area contributed by atoms with Crippen molar-refractivity contribution in [3.05, 3.63) is 35.0 Å². The molecule has 1 aromatic rings. The van der Waals surface area contributed by atoms with Crippen molar-refractivity contribution in [2.45, 2.75) is 26.3 Å². The third kappa shape index (κ3) is 5.03. The Labute approximate surface area is 171 Å². The normalized spacial score (nSPS) is 19.6. The molecule has 5 nitrogen and oxygen atoms in total. The molecule has 0 saturated carbocycles. The number of amides is 1. The van der Waals surface area contributed by atoms with Crippen LogP contribution in [0.5, 0.6) is 5.75 Å². The molecular weight excluding hydrogens is 378 g/mol. The fourth-order valence-corrected chi connectivity index (χ4v) is 4.53. The summed E-state index contributed by atoms with van der Waals surface area (Å²) < 4.78 is 5.55. The van der Waals surface area contributed by atoms with E-state index in [-0.39, 0.29) is 5.91 Å². The first-order chi connectivity index (χ1) is 13.1. The monoisotopic (exact) mass is 405 g/mol. The third-order valence-corrected chi connectivity index (χ3v) is 6.08. The van der Waals surface area contributed by atoms with E-state index in [0.717, 1.165) is 49.4 Å². The van der Waals surface area contributed by atoms with Gasteiger partial charge in [-0.05, 0) is 42.4 Å². The summed E-state index contributed by atoms with van der Waals surface area (Å²) >= 11 is 7.33. The van der Waals surface area contributed by atoms with Gasteiger partial charge in [-0.1, -0.05) is 19.4 Å². The number of rotatable bonds is 7. The fraction of sp³-hybridized carbons (Fsp3) is 0.500. The van der Waals surface area contributed by atoms with Gasteiger partial charge in [0.2, 0.25) is 0 Å². The van der Waals surface area contributed by atoms with E-state index in [1.807, 2.05) is 30.0 Å². The van der Waals surface area contributed by atoms with Crippen molar-refractivity contribution in [3.8, 4) is 5.75 Å². The highest BCUT2D eigenvalue weighted by atomic mass is 32.2. The molecule has 1 aromatic carbocycles. The Bertz CT molecular complexity index is 730. The van der Waals surface area contributed by atoms with E-state index >= 15 is 0 Å². The van der Waals surface area contributed by atoms with Crippen molar-refractivity contribution in [2.24, 2.45) is 0 Å². The quantitative estimate of drug-likeness (QED) is 0.556. The summed E-state index contributed by atoms with van der Waals surface area (Å²) in [4.78, 5) is 16.7. The van der Waals surface area contributed by atoms with Crippen LogP contribution in [0, 0.1) is 0 Å². The maximum absolute atomic E-state index is 12.6. The molecule has 0 bridgehead atoms. The standard InChI is InChI=1S/C20H27N3O2S2/c1-3-4-7-23-19(24)17(21-20(23)26)13-15-5-6-18(25-2)16(12-15)14-22-8-10-27-11-9-22/h5-6,12-13H,3-4,7-11,14H2,1-2H3,(H,21,26)/b17-13+. The molecule has 0 aromatic heterocycles. The summed E-state index contributed by atoms with van der Waals surface area (Å²) in [6, 6.07) is 6.07. The smallest absolute Gasteiger partial charge is 0.276 e. The molecule has 1 amide bonds. The van der Waals surface area contributed by atoms with Crippen LogP contribution in [0.2, 0.25) is 0 Å². The molecule has 2 saturated heterocycles. The number of nitrogens with one attached hydrogen (secondary N) is 1. The summed E-state index contributed by atoms with van der Waals surface area (Å²) in [6.07, 6.45) is 3.86. The zero-order chi connectivity index (χ0) is 19.2. The molecule has 0 spiro atoms. The summed E-state index contributed by atoms with van der Waals surface area (Å²) in [5.74, 6) is 3.20. The van der Waals surface area contributed by atoms with E-state index in [1.165, 1.54) is 11.5 Å². The molecule has 7 heteroatoms. The van der Waals surface area contributed by atoms with Crippen molar-refractivity contribution in [1.29, 1.82) is 0 Å². The largest absolute Gasteiger partial charge is 0.496 e. The second-order valence-corrected chi connectivity index (χ2v) is 8.37. The average molecular weight is 406 g/mol. The molecular formula is C20H27N3O2S2. The number of unbranched alkanes of at least 4 members (excludes halogenated alkanes) is 1. The molecule has 2 aliphatic heterocycles. The topological polar surface area (TPSA) is 44.8 Å². The van der Waals surface area contributed by atoms with Crippen LogP contribution in [0.4, 0.5) is 0 Å². The third-order valence-electron chi connectivity index (χ3n) is 4.81. The lowest BCUT2D eigenvalue weighted by Gasteiger charge is -2.26. The van der Waals surface area contributed by atoms with Crippen LogP contribution in [0.3, 0.4) is 0 Å². The van der Waals surface area contributed by atoms with E-state index < -0.39 is 0 Å². The Kier molecular flexibility index (Phi) is 7.15. The van der Waals surface area contributed by atoms with Crippen molar-refractivity contribution < 1.29 is 9.53 Å². The van der Waals surface area contributed by atoms with Crippen LogP contribution < -0.4 is 10.1 Å². The number of thioether (sulfide) groups is 1. The van der Waals surface area contributed by atoms with Crippen LogP contribution >= 0.6 is 24.0 Å². The zero-order valence-corrected chi connectivity index (χ0v) is 17.6. The lowest BCUT2D eigenvalue weighted by Crippen LogP contribution is -2.32.